The maximum absolute atomic E-state index is 11.5. The van der Waals surface area contributed by atoms with E-state index in [1.165, 1.54) is 83.3 Å². The first-order valence-corrected chi connectivity index (χ1v) is 17.3. The quantitative estimate of drug-likeness (QED) is 0.319. The van der Waals surface area contributed by atoms with Gasteiger partial charge in [0.15, 0.2) is 0 Å². The van der Waals surface area contributed by atoms with Crippen LogP contribution in [-0.4, -0.2) is 44.8 Å². The van der Waals surface area contributed by atoms with Crippen molar-refractivity contribution >= 4 is 10.1 Å². The summed E-state index contributed by atoms with van der Waals surface area (Å²) in [6, 6.07) is 0.635. The van der Waals surface area contributed by atoms with Crippen LogP contribution in [0.2, 0.25) is 0 Å². The SMILES string of the molecule is CC(C)CCC[C@@H](C)[C@H]1CC[C@H]2[C@@H]3CC[C@H]4C[C@H](N5CC(OS(C)(=O)=O)C5)CC[C@]4(C)[C@H]3CC[C@]12C. The van der Waals surface area contributed by atoms with Gasteiger partial charge in [-0.3, -0.25) is 9.08 Å². The molecule has 1 aliphatic heterocycles. The number of nitrogens with zero attached hydrogens (tertiary/aromatic N) is 1. The summed E-state index contributed by atoms with van der Waals surface area (Å²) in [4.78, 5) is 2.52. The molecule has 5 rings (SSSR count). The zero-order valence-electron chi connectivity index (χ0n) is 24.2. The van der Waals surface area contributed by atoms with Crippen molar-refractivity contribution in [2.75, 3.05) is 19.3 Å². The molecule has 4 aliphatic carbocycles. The van der Waals surface area contributed by atoms with Crippen LogP contribution in [-0.2, 0) is 14.3 Å². The smallest absolute Gasteiger partial charge is 0.264 e. The van der Waals surface area contributed by atoms with E-state index in [4.69, 9.17) is 4.18 Å². The van der Waals surface area contributed by atoms with Gasteiger partial charge >= 0.3 is 0 Å². The van der Waals surface area contributed by atoms with E-state index in [2.05, 4.69) is 39.5 Å². The molecule has 36 heavy (non-hydrogen) atoms. The van der Waals surface area contributed by atoms with E-state index < -0.39 is 10.1 Å². The number of likely N-dealkylation sites (tertiary alicyclic amines) is 1. The Morgan fingerprint density at radius 3 is 2.28 bits per heavy atom. The first-order chi connectivity index (χ1) is 16.9. The highest BCUT2D eigenvalue weighted by atomic mass is 32.2. The molecule has 0 unspecified atom stereocenters. The van der Waals surface area contributed by atoms with Crippen LogP contribution in [0.15, 0.2) is 0 Å². The van der Waals surface area contributed by atoms with E-state index in [1.54, 1.807) is 0 Å². The maximum atomic E-state index is 11.5. The molecule has 208 valence electrons. The van der Waals surface area contributed by atoms with Crippen molar-refractivity contribution in [2.24, 2.45) is 52.3 Å². The third-order valence-electron chi connectivity index (χ3n) is 12.5. The second-order valence-corrected chi connectivity index (χ2v) is 16.6. The fourth-order valence-corrected chi connectivity index (χ4v) is 11.3. The van der Waals surface area contributed by atoms with Crippen molar-refractivity contribution in [2.45, 2.75) is 124 Å². The summed E-state index contributed by atoms with van der Waals surface area (Å²) in [6.45, 7) is 14.3. The molecule has 0 aromatic rings. The molecule has 0 amide bonds. The summed E-state index contributed by atoms with van der Waals surface area (Å²) < 4.78 is 28.2. The van der Waals surface area contributed by atoms with Gasteiger partial charge < -0.3 is 0 Å². The summed E-state index contributed by atoms with van der Waals surface area (Å²) in [6.07, 6.45) is 18.1. The molecule has 0 spiro atoms. The Morgan fingerprint density at radius 2 is 1.58 bits per heavy atom. The average Bonchev–Trinajstić information content (AvgIpc) is 3.12. The highest BCUT2D eigenvalue weighted by molar-refractivity contribution is 7.86. The Balaban J connectivity index is 1.19. The molecule has 4 saturated carbocycles. The van der Waals surface area contributed by atoms with Crippen molar-refractivity contribution in [3.8, 4) is 0 Å². The Labute approximate surface area is 222 Å². The monoisotopic (exact) mass is 521 g/mol. The van der Waals surface area contributed by atoms with Crippen LogP contribution in [0, 0.1) is 52.3 Å². The second-order valence-electron chi connectivity index (χ2n) is 15.0. The van der Waals surface area contributed by atoms with Crippen LogP contribution in [0.4, 0.5) is 0 Å². The molecule has 0 aromatic heterocycles. The minimum Gasteiger partial charge on any atom is -0.295 e. The van der Waals surface area contributed by atoms with E-state index in [0.29, 0.717) is 16.9 Å². The average molecular weight is 522 g/mol. The van der Waals surface area contributed by atoms with Gasteiger partial charge in [0.05, 0.1) is 6.26 Å². The van der Waals surface area contributed by atoms with Crippen LogP contribution in [0.5, 0.6) is 0 Å². The first-order valence-electron chi connectivity index (χ1n) is 15.5. The molecule has 1 heterocycles. The molecule has 4 nitrogen and oxygen atoms in total. The zero-order chi connectivity index (χ0) is 25.9. The third kappa shape index (κ3) is 5.08. The van der Waals surface area contributed by atoms with Gasteiger partial charge in [-0.2, -0.15) is 8.42 Å². The normalized spacial score (nSPS) is 44.5. The van der Waals surface area contributed by atoms with Gasteiger partial charge in [0.2, 0.25) is 0 Å². The fraction of sp³-hybridized carbons (Fsp3) is 1.00. The summed E-state index contributed by atoms with van der Waals surface area (Å²) >= 11 is 0. The Hall–Kier alpha value is -0.130. The predicted molar refractivity (Wildman–Crippen MR) is 148 cm³/mol. The molecular weight excluding hydrogens is 466 g/mol. The van der Waals surface area contributed by atoms with Gasteiger partial charge in [-0.05, 0) is 110 Å². The topological polar surface area (TPSA) is 46.6 Å². The zero-order valence-corrected chi connectivity index (χ0v) is 25.0. The predicted octanol–water partition coefficient (Wildman–Crippen LogP) is 7.14. The van der Waals surface area contributed by atoms with E-state index in [-0.39, 0.29) is 6.10 Å². The lowest BCUT2D eigenvalue weighted by Gasteiger charge is -2.62. The minimum atomic E-state index is -3.34. The van der Waals surface area contributed by atoms with Crippen molar-refractivity contribution in [3.63, 3.8) is 0 Å². The van der Waals surface area contributed by atoms with Crippen LogP contribution >= 0.6 is 0 Å². The molecular formula is C31H55NO3S. The molecule has 5 fully saturated rings. The van der Waals surface area contributed by atoms with Crippen molar-refractivity contribution in [1.29, 1.82) is 0 Å². The molecule has 5 aliphatic rings. The molecule has 0 N–H and O–H groups in total. The summed E-state index contributed by atoms with van der Waals surface area (Å²) in [5.74, 6) is 6.40. The van der Waals surface area contributed by atoms with Gasteiger partial charge in [0.25, 0.3) is 10.1 Å². The van der Waals surface area contributed by atoms with Crippen LogP contribution < -0.4 is 0 Å². The lowest BCUT2D eigenvalue weighted by molar-refractivity contribution is -0.132. The second kappa shape index (κ2) is 10.1. The Morgan fingerprint density at radius 1 is 0.889 bits per heavy atom. The summed E-state index contributed by atoms with van der Waals surface area (Å²) in [5, 5.41) is 0. The maximum Gasteiger partial charge on any atom is 0.264 e. The van der Waals surface area contributed by atoms with E-state index in [9.17, 15) is 8.42 Å². The van der Waals surface area contributed by atoms with Gasteiger partial charge in [-0.1, -0.05) is 53.9 Å². The molecule has 0 bridgehead atoms. The molecule has 0 aromatic carbocycles. The molecule has 0 radical (unpaired) electrons. The van der Waals surface area contributed by atoms with Gasteiger partial charge in [-0.25, -0.2) is 0 Å². The minimum absolute atomic E-state index is 0.122. The first kappa shape index (κ1) is 27.4. The van der Waals surface area contributed by atoms with Gasteiger partial charge in [0.1, 0.15) is 6.10 Å². The Bertz CT molecular complexity index is 882. The van der Waals surface area contributed by atoms with Crippen LogP contribution in [0.25, 0.3) is 0 Å². The standard InChI is InChI=1S/C31H55NO3S/c1-21(2)8-7-9-22(3)27-12-13-28-26-11-10-23-18-24(32-19-25(20-32)35-36(6,33)34)14-16-30(23,4)29(26)15-17-31(27,28)5/h21-29H,7-20H2,1-6H3/t22-,23+,24-,26+,27-,28+,29+,30+,31-/m1/s1. The lowest BCUT2D eigenvalue weighted by atomic mass is 9.44. The molecule has 5 heteroatoms. The fourth-order valence-electron chi connectivity index (χ4n) is 10.7. The van der Waals surface area contributed by atoms with Crippen molar-refractivity contribution in [3.05, 3.63) is 0 Å². The van der Waals surface area contributed by atoms with E-state index >= 15 is 0 Å². The summed E-state index contributed by atoms with van der Waals surface area (Å²) in [7, 11) is -3.34. The molecule has 9 atom stereocenters. The lowest BCUT2D eigenvalue weighted by Crippen LogP contribution is -2.60. The summed E-state index contributed by atoms with van der Waals surface area (Å²) in [5.41, 5.74) is 1.11. The Kier molecular flexibility index (Phi) is 7.71. The number of hydrogen-bond donors (Lipinski definition) is 0. The van der Waals surface area contributed by atoms with Gasteiger partial charge in [0, 0.05) is 19.1 Å². The number of fused-ring (bicyclic) bond motifs is 5. The number of rotatable bonds is 8. The van der Waals surface area contributed by atoms with Crippen LogP contribution in [0.1, 0.15) is 112 Å². The van der Waals surface area contributed by atoms with Crippen molar-refractivity contribution < 1.29 is 12.6 Å². The largest absolute Gasteiger partial charge is 0.295 e. The van der Waals surface area contributed by atoms with Crippen molar-refractivity contribution in [1.82, 2.24) is 4.90 Å². The third-order valence-corrected chi connectivity index (χ3v) is 13.2. The molecule has 1 saturated heterocycles. The van der Waals surface area contributed by atoms with E-state index in [1.807, 2.05) is 0 Å². The van der Waals surface area contributed by atoms with Gasteiger partial charge in [-0.15, -0.1) is 0 Å². The van der Waals surface area contributed by atoms with E-state index in [0.717, 1.165) is 54.5 Å². The number of hydrogen-bond acceptors (Lipinski definition) is 4. The highest BCUT2D eigenvalue weighted by Crippen LogP contribution is 2.68. The van der Waals surface area contributed by atoms with Crippen LogP contribution in [0.3, 0.4) is 0 Å². The highest BCUT2D eigenvalue weighted by Gasteiger charge is 2.61.